The van der Waals surface area contributed by atoms with Crippen molar-refractivity contribution < 1.29 is 17.9 Å². The van der Waals surface area contributed by atoms with Crippen LogP contribution in [0.4, 0.5) is 0 Å². The Bertz CT molecular complexity index is 1040. The van der Waals surface area contributed by atoms with Crippen LogP contribution >= 0.6 is 0 Å². The number of carbonyl (C=O) groups excluding carboxylic acids is 1. The van der Waals surface area contributed by atoms with Crippen LogP contribution in [0.3, 0.4) is 0 Å². The number of methoxy groups -OCH3 is 1. The molecule has 0 amide bonds. The van der Waals surface area contributed by atoms with Gasteiger partial charge in [-0.05, 0) is 54.1 Å². The number of carbonyl (C=O) groups is 1. The predicted molar refractivity (Wildman–Crippen MR) is 99.3 cm³/mol. The molecule has 0 bridgehead atoms. The van der Waals surface area contributed by atoms with Gasteiger partial charge in [0, 0.05) is 30.7 Å². The van der Waals surface area contributed by atoms with E-state index >= 15 is 0 Å². The van der Waals surface area contributed by atoms with E-state index in [4.69, 9.17) is 0 Å². The van der Waals surface area contributed by atoms with Gasteiger partial charge in [0.2, 0.25) is 10.0 Å². The molecule has 1 N–H and O–H groups in total. The molecule has 0 saturated carbocycles. The number of esters is 1. The lowest BCUT2D eigenvalue weighted by molar-refractivity contribution is 0.0600. The standard InChI is InChI=1S/C19H17N3O4S/c1-26-19(23)15-4-6-17(7-5-15)27(24,25)22-12-14-8-10-21-18(11-14)16-3-2-9-20-13-16/h2-11,13,22H,12H2,1H3. The fourth-order valence-corrected chi connectivity index (χ4v) is 3.42. The van der Waals surface area contributed by atoms with E-state index in [2.05, 4.69) is 19.4 Å². The van der Waals surface area contributed by atoms with Gasteiger partial charge in [0.1, 0.15) is 0 Å². The van der Waals surface area contributed by atoms with Crippen molar-refractivity contribution >= 4 is 16.0 Å². The summed E-state index contributed by atoms with van der Waals surface area (Å²) in [6.07, 6.45) is 4.99. The molecule has 0 aliphatic heterocycles. The van der Waals surface area contributed by atoms with Crippen LogP contribution in [-0.2, 0) is 21.3 Å². The second kappa shape index (κ2) is 8.07. The van der Waals surface area contributed by atoms with Gasteiger partial charge in [0.25, 0.3) is 0 Å². The van der Waals surface area contributed by atoms with Crippen molar-refractivity contribution in [2.45, 2.75) is 11.4 Å². The monoisotopic (exact) mass is 383 g/mol. The first-order valence-corrected chi connectivity index (χ1v) is 9.51. The Kier molecular flexibility index (Phi) is 5.58. The fraction of sp³-hybridized carbons (Fsp3) is 0.105. The van der Waals surface area contributed by atoms with Gasteiger partial charge in [0.15, 0.2) is 0 Å². The third-order valence-electron chi connectivity index (χ3n) is 3.83. The van der Waals surface area contributed by atoms with Crippen molar-refractivity contribution in [2.24, 2.45) is 0 Å². The highest BCUT2D eigenvalue weighted by molar-refractivity contribution is 7.89. The molecule has 0 aliphatic carbocycles. The lowest BCUT2D eigenvalue weighted by Gasteiger charge is -2.08. The average Bonchev–Trinajstić information content (AvgIpc) is 2.73. The molecule has 3 aromatic rings. The molecule has 1 aromatic carbocycles. The van der Waals surface area contributed by atoms with Crippen molar-refractivity contribution in [3.8, 4) is 11.3 Å². The van der Waals surface area contributed by atoms with Crippen molar-refractivity contribution in [1.82, 2.24) is 14.7 Å². The van der Waals surface area contributed by atoms with E-state index in [0.29, 0.717) is 5.69 Å². The number of hydrogen-bond acceptors (Lipinski definition) is 6. The molecule has 2 heterocycles. The highest BCUT2D eigenvalue weighted by atomic mass is 32.2. The summed E-state index contributed by atoms with van der Waals surface area (Å²) in [7, 11) is -2.45. The molecule has 27 heavy (non-hydrogen) atoms. The lowest BCUT2D eigenvalue weighted by Crippen LogP contribution is -2.23. The minimum absolute atomic E-state index is 0.0664. The van der Waals surface area contributed by atoms with E-state index in [9.17, 15) is 13.2 Å². The number of nitrogens with zero attached hydrogens (tertiary/aromatic N) is 2. The van der Waals surface area contributed by atoms with Crippen LogP contribution in [0.5, 0.6) is 0 Å². The van der Waals surface area contributed by atoms with Crippen LogP contribution in [0.15, 0.2) is 72.0 Å². The summed E-state index contributed by atoms with van der Waals surface area (Å²) in [6, 6.07) is 12.8. The van der Waals surface area contributed by atoms with Crippen LogP contribution in [0.25, 0.3) is 11.3 Å². The lowest BCUT2D eigenvalue weighted by atomic mass is 10.1. The Hall–Kier alpha value is -3.10. The van der Waals surface area contributed by atoms with Gasteiger partial charge in [-0.15, -0.1) is 0 Å². The zero-order valence-electron chi connectivity index (χ0n) is 14.5. The Labute approximate surface area is 157 Å². The first kappa shape index (κ1) is 18.7. The first-order valence-electron chi connectivity index (χ1n) is 8.03. The molecule has 3 rings (SSSR count). The van der Waals surface area contributed by atoms with Crippen molar-refractivity contribution in [3.05, 3.63) is 78.2 Å². The smallest absolute Gasteiger partial charge is 0.337 e. The molecule has 138 valence electrons. The van der Waals surface area contributed by atoms with Crippen molar-refractivity contribution in [2.75, 3.05) is 7.11 Å². The Morgan fingerprint density at radius 1 is 1.11 bits per heavy atom. The zero-order chi connectivity index (χ0) is 19.3. The number of sulfonamides is 1. The second-order valence-electron chi connectivity index (χ2n) is 5.63. The average molecular weight is 383 g/mol. The summed E-state index contributed by atoms with van der Waals surface area (Å²) in [5, 5.41) is 0. The van der Waals surface area contributed by atoms with Crippen LogP contribution in [0.1, 0.15) is 15.9 Å². The van der Waals surface area contributed by atoms with Gasteiger partial charge in [-0.1, -0.05) is 0 Å². The Morgan fingerprint density at radius 2 is 1.89 bits per heavy atom. The maximum Gasteiger partial charge on any atom is 0.337 e. The summed E-state index contributed by atoms with van der Waals surface area (Å²) >= 11 is 0. The van der Waals surface area contributed by atoms with Crippen molar-refractivity contribution in [1.29, 1.82) is 0 Å². The van der Waals surface area contributed by atoms with E-state index in [-0.39, 0.29) is 17.0 Å². The molecule has 2 aromatic heterocycles. The quantitative estimate of drug-likeness (QED) is 0.657. The normalized spacial score (nSPS) is 11.1. The van der Waals surface area contributed by atoms with Gasteiger partial charge in [-0.3, -0.25) is 9.97 Å². The topological polar surface area (TPSA) is 98.2 Å². The van der Waals surface area contributed by atoms with E-state index in [1.54, 1.807) is 30.7 Å². The Balaban J connectivity index is 1.73. The number of rotatable bonds is 6. The van der Waals surface area contributed by atoms with Gasteiger partial charge < -0.3 is 4.74 Å². The molecule has 0 aliphatic rings. The summed E-state index contributed by atoms with van der Waals surface area (Å²) < 4.78 is 32.1. The summed E-state index contributed by atoms with van der Waals surface area (Å²) in [5.74, 6) is -0.522. The van der Waals surface area contributed by atoms with Crippen LogP contribution < -0.4 is 4.72 Å². The number of benzene rings is 1. The Morgan fingerprint density at radius 3 is 2.56 bits per heavy atom. The zero-order valence-corrected chi connectivity index (χ0v) is 15.3. The number of ether oxygens (including phenoxy) is 1. The van der Waals surface area contributed by atoms with E-state index in [0.717, 1.165) is 11.1 Å². The molecule has 0 radical (unpaired) electrons. The minimum atomic E-state index is -3.72. The van der Waals surface area contributed by atoms with Gasteiger partial charge in [-0.2, -0.15) is 0 Å². The fourth-order valence-electron chi connectivity index (χ4n) is 2.41. The molecule has 0 fully saturated rings. The molecule has 0 saturated heterocycles. The van der Waals surface area contributed by atoms with Crippen LogP contribution in [0.2, 0.25) is 0 Å². The highest BCUT2D eigenvalue weighted by Crippen LogP contribution is 2.17. The van der Waals surface area contributed by atoms with Crippen molar-refractivity contribution in [3.63, 3.8) is 0 Å². The first-order chi connectivity index (χ1) is 13.0. The third-order valence-corrected chi connectivity index (χ3v) is 5.25. The predicted octanol–water partition coefficient (Wildman–Crippen LogP) is 2.41. The molecular weight excluding hydrogens is 366 g/mol. The summed E-state index contributed by atoms with van der Waals surface area (Å²) in [5.41, 5.74) is 2.60. The van der Waals surface area contributed by atoms with Gasteiger partial charge in [-0.25, -0.2) is 17.9 Å². The number of pyridine rings is 2. The van der Waals surface area contributed by atoms with Crippen LogP contribution in [0, 0.1) is 0 Å². The third kappa shape index (κ3) is 4.55. The molecule has 0 spiro atoms. The number of hydrogen-bond donors (Lipinski definition) is 1. The summed E-state index contributed by atoms with van der Waals surface area (Å²) in [6.45, 7) is 0.108. The highest BCUT2D eigenvalue weighted by Gasteiger charge is 2.15. The molecule has 0 atom stereocenters. The van der Waals surface area contributed by atoms with Crippen LogP contribution in [-0.4, -0.2) is 31.5 Å². The molecule has 8 heteroatoms. The van der Waals surface area contributed by atoms with Gasteiger partial charge >= 0.3 is 5.97 Å². The van der Waals surface area contributed by atoms with Gasteiger partial charge in [0.05, 0.1) is 23.3 Å². The SMILES string of the molecule is COC(=O)c1ccc(S(=O)(=O)NCc2ccnc(-c3cccnc3)c2)cc1. The number of nitrogens with one attached hydrogen (secondary N) is 1. The summed E-state index contributed by atoms with van der Waals surface area (Å²) in [4.78, 5) is 19.8. The number of aromatic nitrogens is 2. The maximum atomic E-state index is 12.5. The van der Waals surface area contributed by atoms with E-state index in [1.807, 2.05) is 12.1 Å². The minimum Gasteiger partial charge on any atom is -0.465 e. The second-order valence-corrected chi connectivity index (χ2v) is 7.40. The van der Waals surface area contributed by atoms with E-state index in [1.165, 1.54) is 31.4 Å². The molecule has 0 unspecified atom stereocenters. The largest absolute Gasteiger partial charge is 0.465 e. The van der Waals surface area contributed by atoms with E-state index < -0.39 is 16.0 Å². The molecular formula is C19H17N3O4S. The maximum absolute atomic E-state index is 12.5. The molecule has 7 nitrogen and oxygen atoms in total.